The van der Waals surface area contributed by atoms with Gasteiger partial charge in [-0.25, -0.2) is 4.99 Å². The Morgan fingerprint density at radius 2 is 1.95 bits per heavy atom. The van der Waals surface area contributed by atoms with Crippen LogP contribution in [0.15, 0.2) is 17.1 Å². The van der Waals surface area contributed by atoms with Crippen molar-refractivity contribution in [2.45, 2.75) is 71.9 Å². The maximum atomic E-state index is 10.1. The van der Waals surface area contributed by atoms with Crippen molar-refractivity contribution in [1.29, 1.82) is 0 Å². The minimum atomic E-state index is -0.321. The van der Waals surface area contributed by atoms with Crippen LogP contribution >= 0.6 is 0 Å². The van der Waals surface area contributed by atoms with Crippen molar-refractivity contribution in [2.24, 2.45) is 4.99 Å². The molecule has 116 valence electrons. The van der Waals surface area contributed by atoms with Gasteiger partial charge in [0, 0.05) is 13.3 Å². The van der Waals surface area contributed by atoms with E-state index in [0.29, 0.717) is 4.48 Å². The van der Waals surface area contributed by atoms with Gasteiger partial charge in [0.05, 0.1) is 13.1 Å². The first-order valence-electron chi connectivity index (χ1n) is 8.41. The van der Waals surface area contributed by atoms with Crippen molar-refractivity contribution < 1.29 is 9.59 Å². The largest absolute Gasteiger partial charge is 0.345 e. The Labute approximate surface area is 125 Å². The van der Waals surface area contributed by atoms with Crippen LogP contribution in [0.1, 0.15) is 65.7 Å². The van der Waals surface area contributed by atoms with Gasteiger partial charge in [0.1, 0.15) is 6.54 Å². The third kappa shape index (κ3) is 4.71. The van der Waals surface area contributed by atoms with E-state index in [9.17, 15) is 5.11 Å². The molecule has 0 spiro atoms. The summed E-state index contributed by atoms with van der Waals surface area (Å²) in [6.45, 7) is 9.09. The van der Waals surface area contributed by atoms with Gasteiger partial charge in [-0.2, -0.15) is 0 Å². The highest BCUT2D eigenvalue weighted by Crippen LogP contribution is 2.22. The Hall–Kier alpha value is -0.670. The smallest absolute Gasteiger partial charge is 0.200 e. The summed E-state index contributed by atoms with van der Waals surface area (Å²) in [7, 11) is 0. The Bertz CT molecular complexity index is 323. The van der Waals surface area contributed by atoms with Crippen molar-refractivity contribution in [3.8, 4) is 0 Å². The number of quaternary nitrogens is 1. The SMILES string of the molecule is CCC/C=C/CCCCCC1=NCC[N+]1(CC)C(C)O. The van der Waals surface area contributed by atoms with Gasteiger partial charge in [-0.15, -0.1) is 0 Å². The van der Waals surface area contributed by atoms with Crippen LogP contribution in [0.2, 0.25) is 0 Å². The van der Waals surface area contributed by atoms with Crippen LogP contribution in [0, 0.1) is 0 Å². The maximum absolute atomic E-state index is 10.1. The number of likely N-dealkylation sites (N-methyl/N-ethyl adjacent to an activating group) is 1. The number of aliphatic hydroxyl groups excluding tert-OH is 1. The lowest BCUT2D eigenvalue weighted by atomic mass is 10.1. The summed E-state index contributed by atoms with van der Waals surface area (Å²) in [6, 6.07) is 0. The minimum Gasteiger partial charge on any atom is -0.345 e. The van der Waals surface area contributed by atoms with E-state index in [4.69, 9.17) is 0 Å². The lowest BCUT2D eigenvalue weighted by Crippen LogP contribution is -2.56. The van der Waals surface area contributed by atoms with Crippen molar-refractivity contribution >= 4 is 5.84 Å². The third-order valence-electron chi connectivity index (χ3n) is 4.48. The zero-order chi connectivity index (χ0) is 14.8. The van der Waals surface area contributed by atoms with Crippen LogP contribution in [0.4, 0.5) is 0 Å². The number of nitrogens with zero attached hydrogens (tertiary/aromatic N) is 2. The fourth-order valence-corrected chi connectivity index (χ4v) is 3.06. The molecular formula is C17H33N2O+. The molecule has 0 amide bonds. The Kier molecular flexibility index (Phi) is 8.08. The number of amidine groups is 1. The first-order valence-corrected chi connectivity index (χ1v) is 8.41. The normalized spacial score (nSPS) is 24.3. The van der Waals surface area contributed by atoms with Gasteiger partial charge in [-0.1, -0.05) is 31.9 Å². The van der Waals surface area contributed by atoms with Gasteiger partial charge in [-0.3, -0.25) is 4.48 Å². The van der Waals surface area contributed by atoms with Gasteiger partial charge in [0.2, 0.25) is 5.84 Å². The summed E-state index contributed by atoms with van der Waals surface area (Å²) in [4.78, 5) is 4.65. The van der Waals surface area contributed by atoms with Crippen molar-refractivity contribution in [3.63, 3.8) is 0 Å². The van der Waals surface area contributed by atoms with Crippen LogP contribution in [-0.4, -0.2) is 41.3 Å². The molecule has 0 fully saturated rings. The minimum absolute atomic E-state index is 0.321. The fraction of sp³-hybridized carbons (Fsp3) is 0.824. The second-order valence-corrected chi connectivity index (χ2v) is 5.86. The number of aliphatic imine (C=N–C) groups is 1. The quantitative estimate of drug-likeness (QED) is 0.368. The molecule has 0 aliphatic carbocycles. The van der Waals surface area contributed by atoms with Crippen LogP contribution in [-0.2, 0) is 0 Å². The highest BCUT2D eigenvalue weighted by atomic mass is 16.3. The average molecular weight is 281 g/mol. The van der Waals surface area contributed by atoms with Crippen molar-refractivity contribution in [3.05, 3.63) is 12.2 Å². The van der Waals surface area contributed by atoms with Gasteiger partial charge in [0.25, 0.3) is 0 Å². The molecule has 1 aliphatic rings. The number of rotatable bonds is 10. The van der Waals surface area contributed by atoms with Crippen LogP contribution in [0.3, 0.4) is 0 Å². The average Bonchev–Trinajstić information content (AvgIpc) is 2.86. The molecule has 3 heteroatoms. The first-order chi connectivity index (χ1) is 9.67. The van der Waals surface area contributed by atoms with Gasteiger partial charge >= 0.3 is 0 Å². The third-order valence-corrected chi connectivity index (χ3v) is 4.48. The molecule has 2 atom stereocenters. The first kappa shape index (κ1) is 17.4. The van der Waals surface area contributed by atoms with Crippen LogP contribution in [0.5, 0.6) is 0 Å². The molecule has 1 aliphatic heterocycles. The zero-order valence-electron chi connectivity index (χ0n) is 13.6. The van der Waals surface area contributed by atoms with Crippen LogP contribution < -0.4 is 0 Å². The van der Waals surface area contributed by atoms with E-state index >= 15 is 0 Å². The number of aliphatic hydroxyl groups is 1. The van der Waals surface area contributed by atoms with Gasteiger partial charge in [-0.05, 0) is 32.6 Å². The summed E-state index contributed by atoms with van der Waals surface area (Å²) >= 11 is 0. The zero-order valence-corrected chi connectivity index (χ0v) is 13.6. The Morgan fingerprint density at radius 3 is 2.60 bits per heavy atom. The van der Waals surface area contributed by atoms with Gasteiger partial charge < -0.3 is 5.11 Å². The van der Waals surface area contributed by atoms with Crippen LogP contribution in [0.25, 0.3) is 0 Å². The molecule has 0 bridgehead atoms. The number of hydrogen-bond acceptors (Lipinski definition) is 2. The molecule has 0 aromatic heterocycles. The van der Waals surface area contributed by atoms with E-state index in [1.165, 1.54) is 44.4 Å². The molecule has 0 aromatic carbocycles. The standard InChI is InChI=1S/C17H33N2O/c1-4-6-7-8-9-10-11-12-13-17-18-14-15-19(17,5-2)16(3)20/h7-8,16,20H,4-6,9-15H2,1-3H3/q+1/b8-7+. The van der Waals surface area contributed by atoms with Crippen molar-refractivity contribution in [2.75, 3.05) is 19.6 Å². The Morgan fingerprint density at radius 1 is 1.20 bits per heavy atom. The highest BCUT2D eigenvalue weighted by Gasteiger charge is 2.40. The Balaban J connectivity index is 2.24. The van der Waals surface area contributed by atoms with Gasteiger partial charge in [0.15, 0.2) is 6.23 Å². The molecule has 20 heavy (non-hydrogen) atoms. The predicted molar refractivity (Wildman–Crippen MR) is 86.8 cm³/mol. The number of allylic oxidation sites excluding steroid dienone is 2. The van der Waals surface area contributed by atoms with E-state index in [0.717, 1.165) is 26.1 Å². The molecule has 0 saturated heterocycles. The molecule has 1 heterocycles. The van der Waals surface area contributed by atoms with E-state index in [-0.39, 0.29) is 6.23 Å². The summed E-state index contributed by atoms with van der Waals surface area (Å²) < 4.78 is 0.705. The van der Waals surface area contributed by atoms with E-state index in [1.807, 2.05) is 6.92 Å². The second kappa shape index (κ2) is 9.30. The highest BCUT2D eigenvalue weighted by molar-refractivity contribution is 5.76. The molecule has 0 radical (unpaired) electrons. The number of hydrogen-bond donors (Lipinski definition) is 1. The maximum Gasteiger partial charge on any atom is 0.200 e. The summed E-state index contributed by atoms with van der Waals surface area (Å²) in [5.41, 5.74) is 0. The number of unbranched alkanes of at least 4 members (excludes halogenated alkanes) is 4. The molecule has 3 nitrogen and oxygen atoms in total. The molecule has 0 saturated carbocycles. The molecular weight excluding hydrogens is 248 g/mol. The molecule has 0 aromatic rings. The lowest BCUT2D eigenvalue weighted by molar-refractivity contribution is -0.882. The summed E-state index contributed by atoms with van der Waals surface area (Å²) in [6.07, 6.45) is 12.7. The van der Waals surface area contributed by atoms with E-state index < -0.39 is 0 Å². The lowest BCUT2D eigenvalue weighted by Gasteiger charge is -2.36. The molecule has 1 N–H and O–H groups in total. The van der Waals surface area contributed by atoms with E-state index in [2.05, 4.69) is 31.0 Å². The fourth-order valence-electron chi connectivity index (χ4n) is 3.06. The second-order valence-electron chi connectivity index (χ2n) is 5.86. The molecule has 2 unspecified atom stereocenters. The summed E-state index contributed by atoms with van der Waals surface area (Å²) in [5, 5.41) is 10.1. The predicted octanol–water partition coefficient (Wildman–Crippen LogP) is 3.88. The molecule has 1 rings (SSSR count). The van der Waals surface area contributed by atoms with Crippen molar-refractivity contribution in [1.82, 2.24) is 0 Å². The topological polar surface area (TPSA) is 32.6 Å². The van der Waals surface area contributed by atoms with E-state index in [1.54, 1.807) is 0 Å². The summed E-state index contributed by atoms with van der Waals surface area (Å²) in [5.74, 6) is 1.23. The monoisotopic (exact) mass is 281 g/mol.